The molecule has 0 aromatic carbocycles. The molecule has 0 amide bonds. The first kappa shape index (κ1) is 13.0. The highest BCUT2D eigenvalue weighted by Gasteiger charge is 2.22. The number of likely N-dealkylation sites (tertiary alicyclic amines) is 1. The Kier molecular flexibility index (Phi) is 4.29. The molecule has 2 heterocycles. The van der Waals surface area contributed by atoms with Gasteiger partial charge in [0, 0.05) is 30.9 Å². The van der Waals surface area contributed by atoms with Gasteiger partial charge in [-0.25, -0.2) is 4.98 Å². The third kappa shape index (κ3) is 3.06. The van der Waals surface area contributed by atoms with Crippen LogP contribution in [0.1, 0.15) is 24.1 Å². The van der Waals surface area contributed by atoms with E-state index in [1.165, 1.54) is 19.4 Å². The predicted octanol–water partition coefficient (Wildman–Crippen LogP) is 1.48. The van der Waals surface area contributed by atoms with E-state index in [2.05, 4.69) is 34.9 Å². The number of likely N-dealkylation sites (N-methyl/N-ethyl adjacent to an activating group) is 2. The Bertz CT molecular complexity index is 438. The average Bonchev–Trinajstić information content (AvgIpc) is 2.75. The Labute approximate surface area is 109 Å². The molecule has 1 aromatic heterocycles. The van der Waals surface area contributed by atoms with Crippen LogP contribution < -0.4 is 0 Å². The van der Waals surface area contributed by atoms with Gasteiger partial charge in [-0.3, -0.25) is 0 Å². The van der Waals surface area contributed by atoms with Crippen LogP contribution in [0, 0.1) is 11.3 Å². The van der Waals surface area contributed by atoms with E-state index in [9.17, 15) is 0 Å². The summed E-state index contributed by atoms with van der Waals surface area (Å²) in [6.45, 7) is 3.05. The van der Waals surface area contributed by atoms with Gasteiger partial charge in [0.05, 0.1) is 0 Å². The molecular weight excluding hydrogens is 224 g/mol. The zero-order chi connectivity index (χ0) is 13.0. The Morgan fingerprint density at radius 1 is 1.61 bits per heavy atom. The average molecular weight is 244 g/mol. The summed E-state index contributed by atoms with van der Waals surface area (Å²) in [7, 11) is 4.30. The monoisotopic (exact) mass is 244 g/mol. The number of pyridine rings is 1. The van der Waals surface area contributed by atoms with Crippen LogP contribution in [0.15, 0.2) is 18.3 Å². The number of hydrogen-bond acceptors (Lipinski definition) is 4. The molecule has 0 bridgehead atoms. The molecule has 1 unspecified atom stereocenters. The lowest BCUT2D eigenvalue weighted by atomic mass is 10.1. The summed E-state index contributed by atoms with van der Waals surface area (Å²) in [4.78, 5) is 8.80. The molecule has 18 heavy (non-hydrogen) atoms. The highest BCUT2D eigenvalue weighted by Crippen LogP contribution is 2.16. The second-order valence-corrected chi connectivity index (χ2v) is 5.10. The van der Waals surface area contributed by atoms with Crippen molar-refractivity contribution in [1.29, 1.82) is 5.26 Å². The Hall–Kier alpha value is -1.44. The van der Waals surface area contributed by atoms with Crippen molar-refractivity contribution in [3.05, 3.63) is 29.6 Å². The van der Waals surface area contributed by atoms with Gasteiger partial charge in [-0.15, -0.1) is 0 Å². The zero-order valence-corrected chi connectivity index (χ0v) is 11.1. The van der Waals surface area contributed by atoms with Gasteiger partial charge >= 0.3 is 0 Å². The van der Waals surface area contributed by atoms with Crippen molar-refractivity contribution in [3.63, 3.8) is 0 Å². The Balaban J connectivity index is 1.94. The number of hydrogen-bond donors (Lipinski definition) is 0. The predicted molar refractivity (Wildman–Crippen MR) is 70.9 cm³/mol. The maximum Gasteiger partial charge on any atom is 0.144 e. The van der Waals surface area contributed by atoms with Crippen LogP contribution in [-0.2, 0) is 6.54 Å². The lowest BCUT2D eigenvalue weighted by Crippen LogP contribution is -2.36. The van der Waals surface area contributed by atoms with Crippen LogP contribution in [-0.4, -0.2) is 48.0 Å². The van der Waals surface area contributed by atoms with Gasteiger partial charge in [-0.2, -0.15) is 5.26 Å². The minimum absolute atomic E-state index is 0.545. The van der Waals surface area contributed by atoms with Gasteiger partial charge in [0.15, 0.2) is 0 Å². The molecule has 1 saturated heterocycles. The second-order valence-electron chi connectivity index (χ2n) is 5.10. The standard InChI is InChI=1S/C14H20N4/c1-17(11-13-6-4-8-18(13)2)10-12-5-3-7-16-14(12)9-15/h3,5,7,13H,4,6,8,10-11H2,1-2H3. The molecule has 1 atom stereocenters. The molecule has 0 N–H and O–H groups in total. The first-order valence-electron chi connectivity index (χ1n) is 6.43. The van der Waals surface area contributed by atoms with E-state index in [1.807, 2.05) is 12.1 Å². The van der Waals surface area contributed by atoms with Gasteiger partial charge in [-0.05, 0) is 39.5 Å². The summed E-state index contributed by atoms with van der Waals surface area (Å²) in [6.07, 6.45) is 4.25. The summed E-state index contributed by atoms with van der Waals surface area (Å²) in [5.74, 6) is 0. The Morgan fingerprint density at radius 2 is 2.44 bits per heavy atom. The van der Waals surface area contributed by atoms with Gasteiger partial charge in [0.25, 0.3) is 0 Å². The first-order chi connectivity index (χ1) is 8.70. The molecule has 2 rings (SSSR count). The largest absolute Gasteiger partial charge is 0.302 e. The van der Waals surface area contributed by atoms with E-state index in [-0.39, 0.29) is 0 Å². The van der Waals surface area contributed by atoms with E-state index in [1.54, 1.807) is 6.20 Å². The van der Waals surface area contributed by atoms with E-state index >= 15 is 0 Å². The minimum atomic E-state index is 0.545. The lowest BCUT2D eigenvalue weighted by molar-refractivity contribution is 0.215. The molecule has 0 saturated carbocycles. The summed E-state index contributed by atoms with van der Waals surface area (Å²) >= 11 is 0. The Morgan fingerprint density at radius 3 is 3.11 bits per heavy atom. The number of nitrogens with zero attached hydrogens (tertiary/aromatic N) is 4. The zero-order valence-electron chi connectivity index (χ0n) is 11.1. The quantitative estimate of drug-likeness (QED) is 0.804. The normalized spacial score (nSPS) is 20.2. The number of aromatic nitrogens is 1. The fourth-order valence-electron chi connectivity index (χ4n) is 2.59. The lowest BCUT2D eigenvalue weighted by Gasteiger charge is -2.25. The highest BCUT2D eigenvalue weighted by molar-refractivity contribution is 5.30. The molecule has 1 fully saturated rings. The molecule has 1 aliphatic rings. The van der Waals surface area contributed by atoms with Crippen LogP contribution in [0.3, 0.4) is 0 Å². The summed E-state index contributed by atoms with van der Waals surface area (Å²) in [6, 6.07) is 6.69. The van der Waals surface area contributed by atoms with Gasteiger partial charge in [0.1, 0.15) is 11.8 Å². The molecule has 0 spiro atoms. The minimum Gasteiger partial charge on any atom is -0.302 e. The second kappa shape index (κ2) is 5.94. The van der Waals surface area contributed by atoms with Gasteiger partial charge in [0.2, 0.25) is 0 Å². The van der Waals surface area contributed by atoms with Gasteiger partial charge in [-0.1, -0.05) is 6.07 Å². The number of rotatable bonds is 4. The molecule has 4 heteroatoms. The molecule has 96 valence electrons. The van der Waals surface area contributed by atoms with Crippen molar-refractivity contribution >= 4 is 0 Å². The molecule has 1 aliphatic heterocycles. The SMILES string of the molecule is CN(Cc1cccnc1C#N)CC1CCCN1C. The van der Waals surface area contributed by atoms with Crippen LogP contribution >= 0.6 is 0 Å². The summed E-state index contributed by atoms with van der Waals surface area (Å²) in [5.41, 5.74) is 1.56. The maximum absolute atomic E-state index is 9.02. The van der Waals surface area contributed by atoms with Gasteiger partial charge < -0.3 is 9.80 Å². The molecular formula is C14H20N4. The van der Waals surface area contributed by atoms with Crippen molar-refractivity contribution in [1.82, 2.24) is 14.8 Å². The van der Waals surface area contributed by atoms with E-state index in [4.69, 9.17) is 5.26 Å². The fourth-order valence-corrected chi connectivity index (χ4v) is 2.59. The topological polar surface area (TPSA) is 43.2 Å². The van der Waals surface area contributed by atoms with E-state index in [0.29, 0.717) is 11.7 Å². The van der Waals surface area contributed by atoms with Crippen molar-refractivity contribution in [2.24, 2.45) is 0 Å². The summed E-state index contributed by atoms with van der Waals surface area (Å²) in [5, 5.41) is 9.02. The smallest absolute Gasteiger partial charge is 0.144 e. The van der Waals surface area contributed by atoms with Crippen LogP contribution in [0.25, 0.3) is 0 Å². The van der Waals surface area contributed by atoms with E-state index in [0.717, 1.165) is 18.7 Å². The third-order valence-corrected chi connectivity index (χ3v) is 3.63. The van der Waals surface area contributed by atoms with Crippen molar-refractivity contribution < 1.29 is 0 Å². The van der Waals surface area contributed by atoms with Crippen LogP contribution in [0.5, 0.6) is 0 Å². The van der Waals surface area contributed by atoms with Crippen LogP contribution in [0.4, 0.5) is 0 Å². The molecule has 4 nitrogen and oxygen atoms in total. The highest BCUT2D eigenvalue weighted by atomic mass is 15.2. The molecule has 0 aliphatic carbocycles. The maximum atomic E-state index is 9.02. The van der Waals surface area contributed by atoms with E-state index < -0.39 is 0 Å². The summed E-state index contributed by atoms with van der Waals surface area (Å²) < 4.78 is 0. The van der Waals surface area contributed by atoms with Crippen LogP contribution in [0.2, 0.25) is 0 Å². The van der Waals surface area contributed by atoms with Crippen molar-refractivity contribution in [2.75, 3.05) is 27.2 Å². The third-order valence-electron chi connectivity index (χ3n) is 3.63. The molecule has 1 aromatic rings. The number of nitriles is 1. The molecule has 0 radical (unpaired) electrons. The first-order valence-corrected chi connectivity index (χ1v) is 6.43. The van der Waals surface area contributed by atoms with Crippen molar-refractivity contribution in [2.45, 2.75) is 25.4 Å². The van der Waals surface area contributed by atoms with Crippen molar-refractivity contribution in [3.8, 4) is 6.07 Å². The fraction of sp³-hybridized carbons (Fsp3) is 0.571.